The summed E-state index contributed by atoms with van der Waals surface area (Å²) in [5.74, 6) is 0.430. The van der Waals surface area contributed by atoms with E-state index in [1.165, 1.54) is 0 Å². The second-order valence-corrected chi connectivity index (χ2v) is 9.25. The number of carbonyl (C=O) groups excluding carboxylic acids is 1. The van der Waals surface area contributed by atoms with Gasteiger partial charge in [0.1, 0.15) is 11.4 Å². The number of nitrogens with zero attached hydrogens (tertiary/aromatic N) is 1. The van der Waals surface area contributed by atoms with Crippen molar-refractivity contribution < 1.29 is 31.5 Å². The van der Waals surface area contributed by atoms with Gasteiger partial charge in [-0.15, -0.1) is 4.31 Å². The number of hydrogen-bond donors (Lipinski definition) is 0. The first-order valence-corrected chi connectivity index (χ1v) is 10.5. The SMILES string of the molecule is O=C1CC2(CCN([S+](=O)([O-])c3cccc(C(F)(F)F)c3)CC2)Oc2ccccc21. The molecule has 0 aliphatic carbocycles. The molecule has 5 nitrogen and oxygen atoms in total. The molecule has 0 saturated carbocycles. The molecule has 1 atom stereocenters. The molecule has 1 fully saturated rings. The molecule has 1 saturated heterocycles. The highest BCUT2D eigenvalue weighted by Crippen LogP contribution is 2.41. The molecule has 154 valence electrons. The predicted octanol–water partition coefficient (Wildman–Crippen LogP) is 4.11. The summed E-state index contributed by atoms with van der Waals surface area (Å²) >= 11 is 0. The molecule has 4 rings (SSSR count). The fraction of sp³-hybridized carbons (Fsp3) is 0.350. The van der Waals surface area contributed by atoms with E-state index in [4.69, 9.17) is 4.74 Å². The van der Waals surface area contributed by atoms with E-state index in [-0.39, 0.29) is 38.1 Å². The summed E-state index contributed by atoms with van der Waals surface area (Å²) in [6.45, 7) is 0.127. The fourth-order valence-electron chi connectivity index (χ4n) is 3.84. The van der Waals surface area contributed by atoms with Crippen LogP contribution in [0.5, 0.6) is 5.75 Å². The van der Waals surface area contributed by atoms with Crippen LogP contribution in [0.4, 0.5) is 13.2 Å². The van der Waals surface area contributed by atoms with E-state index < -0.39 is 32.6 Å². The standard InChI is InChI=1S/C20H18F3NO4S/c21-20(22,23)14-4-3-5-15(12-14)29(26,27)24-10-8-19(9-11-24)13-17(25)16-6-1-2-7-18(16)28-19/h1-7,12H,8-11,13H2. The zero-order valence-electron chi connectivity index (χ0n) is 15.3. The lowest BCUT2D eigenvalue weighted by Crippen LogP contribution is -2.53. The average molecular weight is 425 g/mol. The molecule has 2 aromatic carbocycles. The Bertz CT molecular complexity index is 999. The van der Waals surface area contributed by atoms with Crippen molar-refractivity contribution >= 4 is 16.2 Å². The van der Waals surface area contributed by atoms with Gasteiger partial charge >= 0.3 is 6.18 Å². The van der Waals surface area contributed by atoms with Gasteiger partial charge in [-0.05, 0) is 24.3 Å². The highest BCUT2D eigenvalue weighted by Gasteiger charge is 2.46. The van der Waals surface area contributed by atoms with Crippen LogP contribution >= 0.6 is 0 Å². The van der Waals surface area contributed by atoms with E-state index in [0.29, 0.717) is 17.4 Å². The molecule has 0 N–H and O–H groups in total. The van der Waals surface area contributed by atoms with Crippen LogP contribution in [0.3, 0.4) is 0 Å². The summed E-state index contributed by atoms with van der Waals surface area (Å²) < 4.78 is 71.7. The third-order valence-electron chi connectivity index (χ3n) is 5.43. The van der Waals surface area contributed by atoms with Gasteiger partial charge in [-0.25, -0.2) is 0 Å². The number of Topliss-reactive ketones (excluding diaryl/α,β-unsaturated/α-hetero) is 1. The van der Waals surface area contributed by atoms with Gasteiger partial charge in [0.25, 0.3) is 0 Å². The minimum absolute atomic E-state index is 0.0546. The van der Waals surface area contributed by atoms with Gasteiger partial charge < -0.3 is 9.29 Å². The zero-order chi connectivity index (χ0) is 20.9. The first-order valence-electron chi connectivity index (χ1n) is 9.09. The Labute approximate surface area is 166 Å². The summed E-state index contributed by atoms with van der Waals surface area (Å²) in [4.78, 5) is 12.1. The summed E-state index contributed by atoms with van der Waals surface area (Å²) in [6.07, 6.45) is -3.90. The predicted molar refractivity (Wildman–Crippen MR) is 98.1 cm³/mol. The normalized spacial score (nSPS) is 21.3. The van der Waals surface area contributed by atoms with Crippen LogP contribution in [-0.4, -0.2) is 33.3 Å². The first-order chi connectivity index (χ1) is 13.6. The van der Waals surface area contributed by atoms with Crippen LogP contribution in [0.2, 0.25) is 0 Å². The fourth-order valence-corrected chi connectivity index (χ4v) is 5.33. The summed E-state index contributed by atoms with van der Waals surface area (Å²) in [5.41, 5.74) is -1.28. The van der Waals surface area contributed by atoms with Crippen molar-refractivity contribution in [2.45, 2.75) is 35.9 Å². The highest BCUT2D eigenvalue weighted by molar-refractivity contribution is 7.95. The molecule has 2 aliphatic rings. The minimum Gasteiger partial charge on any atom is -0.593 e. The van der Waals surface area contributed by atoms with Crippen LogP contribution in [-0.2, 0) is 20.8 Å². The quantitative estimate of drug-likeness (QED) is 0.679. The van der Waals surface area contributed by atoms with E-state index in [2.05, 4.69) is 0 Å². The maximum Gasteiger partial charge on any atom is 0.416 e. The Hall–Kier alpha value is -2.23. The molecular formula is C20H18F3NO4S. The summed E-state index contributed by atoms with van der Waals surface area (Å²) in [7, 11) is -4.08. The maximum atomic E-state index is 12.9. The van der Waals surface area contributed by atoms with Gasteiger partial charge in [0.05, 0.1) is 17.5 Å². The summed E-state index contributed by atoms with van der Waals surface area (Å²) in [5, 5.41) is 0. The zero-order valence-corrected chi connectivity index (χ0v) is 16.1. The number of ketones is 1. The molecule has 9 heteroatoms. The molecule has 2 aliphatic heterocycles. The third kappa shape index (κ3) is 3.70. The lowest BCUT2D eigenvalue weighted by molar-refractivity contribution is -0.137. The molecular weight excluding hydrogens is 407 g/mol. The molecule has 0 amide bonds. The molecule has 1 spiro atoms. The van der Waals surface area contributed by atoms with Crippen LogP contribution < -0.4 is 4.74 Å². The number of hydrogen-bond acceptors (Lipinski definition) is 4. The van der Waals surface area contributed by atoms with Crippen LogP contribution in [0, 0.1) is 0 Å². The van der Waals surface area contributed by atoms with Crippen molar-refractivity contribution in [3.8, 4) is 5.75 Å². The number of fused-ring (bicyclic) bond motifs is 1. The first kappa shape index (κ1) is 20.1. The summed E-state index contributed by atoms with van der Waals surface area (Å²) in [6, 6.07) is 10.6. The number of carbonyl (C=O) groups is 1. The van der Waals surface area contributed by atoms with Crippen molar-refractivity contribution in [3.63, 3.8) is 0 Å². The Kier molecular flexibility index (Phi) is 4.79. The third-order valence-corrected chi connectivity index (χ3v) is 7.32. The van der Waals surface area contributed by atoms with E-state index in [1.807, 2.05) is 0 Å². The Balaban J connectivity index is 1.53. The number of para-hydroxylation sites is 1. The van der Waals surface area contributed by atoms with Gasteiger partial charge in [-0.1, -0.05) is 22.4 Å². The van der Waals surface area contributed by atoms with Crippen LogP contribution in [0.1, 0.15) is 35.2 Å². The van der Waals surface area contributed by atoms with Gasteiger partial charge in [-0.3, -0.25) is 4.79 Å². The van der Waals surface area contributed by atoms with Crippen molar-refractivity contribution in [1.82, 2.24) is 4.31 Å². The maximum absolute atomic E-state index is 12.9. The van der Waals surface area contributed by atoms with Crippen LogP contribution in [0.15, 0.2) is 53.4 Å². The number of piperidine rings is 1. The largest absolute Gasteiger partial charge is 0.593 e. The van der Waals surface area contributed by atoms with Gasteiger partial charge in [0.2, 0.25) is 0 Å². The smallest absolute Gasteiger partial charge is 0.416 e. The lowest BCUT2D eigenvalue weighted by atomic mass is 9.83. The second-order valence-electron chi connectivity index (χ2n) is 7.31. The monoisotopic (exact) mass is 425 g/mol. The van der Waals surface area contributed by atoms with E-state index in [0.717, 1.165) is 22.5 Å². The second kappa shape index (κ2) is 6.93. The van der Waals surface area contributed by atoms with Gasteiger partial charge in [0.15, 0.2) is 21.1 Å². The van der Waals surface area contributed by atoms with Crippen molar-refractivity contribution in [3.05, 3.63) is 59.7 Å². The van der Waals surface area contributed by atoms with E-state index >= 15 is 0 Å². The number of halogens is 3. The van der Waals surface area contributed by atoms with Crippen molar-refractivity contribution in [1.29, 1.82) is 0 Å². The molecule has 1 unspecified atom stereocenters. The molecule has 0 bridgehead atoms. The number of rotatable bonds is 2. The van der Waals surface area contributed by atoms with Gasteiger partial charge in [-0.2, -0.15) is 13.2 Å². The van der Waals surface area contributed by atoms with E-state index in [9.17, 15) is 26.7 Å². The van der Waals surface area contributed by atoms with Crippen molar-refractivity contribution in [2.24, 2.45) is 0 Å². The van der Waals surface area contributed by atoms with Crippen LogP contribution in [0.25, 0.3) is 0 Å². The Morgan fingerprint density at radius 2 is 1.76 bits per heavy atom. The van der Waals surface area contributed by atoms with Gasteiger partial charge in [0, 0.05) is 32.0 Å². The number of alkyl halides is 3. The van der Waals surface area contributed by atoms with E-state index in [1.54, 1.807) is 24.3 Å². The topological polar surface area (TPSA) is 69.7 Å². The molecule has 0 aromatic heterocycles. The van der Waals surface area contributed by atoms with Crippen molar-refractivity contribution in [2.75, 3.05) is 13.1 Å². The minimum atomic E-state index is -4.62. The lowest BCUT2D eigenvalue weighted by Gasteiger charge is -2.43. The number of benzene rings is 2. The molecule has 2 aromatic rings. The Morgan fingerprint density at radius 1 is 1.07 bits per heavy atom. The molecule has 0 radical (unpaired) electrons. The number of sulfonamides is 1. The Morgan fingerprint density at radius 3 is 2.45 bits per heavy atom. The molecule has 2 heterocycles. The highest BCUT2D eigenvalue weighted by atomic mass is 32.3. The molecule has 29 heavy (non-hydrogen) atoms. The average Bonchev–Trinajstić information content (AvgIpc) is 2.68. The number of ether oxygens (including phenoxy) is 1.